The maximum Gasteiger partial charge on any atom is 0.253 e. The third-order valence-corrected chi connectivity index (χ3v) is 6.28. The fraction of sp³-hybridized carbons (Fsp3) is 0.231. The van der Waals surface area contributed by atoms with Crippen LogP contribution in [0.1, 0.15) is 16.8 Å². The smallest absolute Gasteiger partial charge is 0.253 e. The van der Waals surface area contributed by atoms with Crippen LogP contribution in [0.2, 0.25) is 0 Å². The van der Waals surface area contributed by atoms with Crippen LogP contribution < -0.4 is 10.5 Å². The van der Waals surface area contributed by atoms with Gasteiger partial charge in [0.25, 0.3) is 5.91 Å². The van der Waals surface area contributed by atoms with Crippen LogP contribution in [0.15, 0.2) is 67.0 Å². The Labute approximate surface area is 187 Å². The van der Waals surface area contributed by atoms with Crippen molar-refractivity contribution in [2.24, 2.45) is 11.7 Å². The zero-order chi connectivity index (χ0) is 22.1. The summed E-state index contributed by atoms with van der Waals surface area (Å²) < 4.78 is 5.56. The van der Waals surface area contributed by atoms with E-state index in [1.54, 1.807) is 7.11 Å². The number of carbonyl (C=O) groups is 1. The van der Waals surface area contributed by atoms with E-state index in [1.807, 2.05) is 65.8 Å². The second kappa shape index (κ2) is 8.48. The Morgan fingerprint density at radius 3 is 2.84 bits per heavy atom. The summed E-state index contributed by atoms with van der Waals surface area (Å²) in [6, 6.07) is 17.8. The first kappa shape index (κ1) is 20.3. The average molecular weight is 427 g/mol. The molecule has 6 nitrogen and oxygen atoms in total. The minimum Gasteiger partial charge on any atom is -0.496 e. The van der Waals surface area contributed by atoms with Gasteiger partial charge in [0.05, 0.1) is 7.11 Å². The van der Waals surface area contributed by atoms with Gasteiger partial charge in [-0.15, -0.1) is 0 Å². The van der Waals surface area contributed by atoms with Crippen molar-refractivity contribution >= 4 is 16.9 Å². The van der Waals surface area contributed by atoms with E-state index in [4.69, 9.17) is 10.5 Å². The third-order valence-electron chi connectivity index (χ3n) is 6.28. The summed E-state index contributed by atoms with van der Waals surface area (Å²) in [5.41, 5.74) is 11.3. The molecule has 0 unspecified atom stereocenters. The Balaban J connectivity index is 1.50. The van der Waals surface area contributed by atoms with E-state index >= 15 is 0 Å². The van der Waals surface area contributed by atoms with E-state index in [-0.39, 0.29) is 5.91 Å². The number of nitrogens with one attached hydrogen (secondary N) is 1. The van der Waals surface area contributed by atoms with Gasteiger partial charge in [-0.1, -0.05) is 30.3 Å². The number of aromatic amines is 1. The molecule has 1 atom stereocenters. The van der Waals surface area contributed by atoms with Gasteiger partial charge in [-0.3, -0.25) is 4.79 Å². The van der Waals surface area contributed by atoms with E-state index in [1.165, 1.54) is 0 Å². The van der Waals surface area contributed by atoms with Crippen molar-refractivity contribution in [3.8, 4) is 28.0 Å². The second-order valence-corrected chi connectivity index (χ2v) is 8.25. The van der Waals surface area contributed by atoms with Crippen LogP contribution >= 0.6 is 0 Å². The Hall–Kier alpha value is -3.64. The zero-order valence-corrected chi connectivity index (χ0v) is 18.0. The van der Waals surface area contributed by atoms with E-state index in [0.29, 0.717) is 18.0 Å². The van der Waals surface area contributed by atoms with Gasteiger partial charge in [0.15, 0.2) is 0 Å². The lowest BCUT2D eigenvalue weighted by Gasteiger charge is -2.17. The number of hydrogen-bond donors (Lipinski definition) is 2. The molecule has 0 aliphatic carbocycles. The number of aromatic nitrogens is 2. The zero-order valence-electron chi connectivity index (χ0n) is 18.0. The standard InChI is InChI=1S/C26H26N4O2/c1-32-24-8-3-2-7-21(24)23-15-29-25-22(23)12-20(14-28-25)18-5-4-6-19(11-18)26(31)30-10-9-17(13-27)16-30/h2-8,11-12,14-15,17H,9-10,13,16,27H2,1H3,(H,28,29)/t17-/m0/s1. The minimum atomic E-state index is 0.0631. The van der Waals surface area contributed by atoms with Gasteiger partial charge in [-0.25, -0.2) is 4.98 Å². The molecule has 0 bridgehead atoms. The first-order chi connectivity index (χ1) is 15.7. The quantitative estimate of drug-likeness (QED) is 0.498. The number of hydrogen-bond acceptors (Lipinski definition) is 4. The lowest BCUT2D eigenvalue weighted by molar-refractivity contribution is 0.0787. The number of fused-ring (bicyclic) bond motifs is 1. The van der Waals surface area contributed by atoms with E-state index < -0.39 is 0 Å². The molecular weight excluding hydrogens is 400 g/mol. The van der Waals surface area contributed by atoms with Gasteiger partial charge in [0.1, 0.15) is 11.4 Å². The lowest BCUT2D eigenvalue weighted by Crippen LogP contribution is -2.29. The molecule has 1 amide bonds. The predicted octanol–water partition coefficient (Wildman–Crippen LogP) is 4.33. The molecular formula is C26H26N4O2. The van der Waals surface area contributed by atoms with Crippen molar-refractivity contribution < 1.29 is 9.53 Å². The van der Waals surface area contributed by atoms with Crippen molar-refractivity contribution in [1.82, 2.24) is 14.9 Å². The third kappa shape index (κ3) is 3.63. The van der Waals surface area contributed by atoms with Crippen LogP contribution in [0.25, 0.3) is 33.3 Å². The average Bonchev–Trinajstić information content (AvgIpc) is 3.50. The first-order valence-electron chi connectivity index (χ1n) is 10.9. The molecule has 5 rings (SSSR count). The van der Waals surface area contributed by atoms with Crippen LogP contribution in [0.5, 0.6) is 5.75 Å². The van der Waals surface area contributed by atoms with E-state index in [0.717, 1.165) is 58.5 Å². The molecule has 1 aliphatic rings. The molecule has 3 heterocycles. The molecule has 2 aromatic carbocycles. The molecule has 2 aromatic heterocycles. The molecule has 162 valence electrons. The van der Waals surface area contributed by atoms with Crippen molar-refractivity contribution in [2.45, 2.75) is 6.42 Å². The largest absolute Gasteiger partial charge is 0.496 e. The summed E-state index contributed by atoms with van der Waals surface area (Å²) in [5.74, 6) is 1.27. The van der Waals surface area contributed by atoms with Gasteiger partial charge >= 0.3 is 0 Å². The normalized spacial score (nSPS) is 15.9. The monoisotopic (exact) mass is 426 g/mol. The topological polar surface area (TPSA) is 84.2 Å². The van der Waals surface area contributed by atoms with Crippen LogP contribution in [-0.4, -0.2) is 47.5 Å². The van der Waals surface area contributed by atoms with Crippen molar-refractivity contribution in [2.75, 3.05) is 26.7 Å². The maximum absolute atomic E-state index is 13.0. The number of likely N-dealkylation sites (tertiary alicyclic amines) is 1. The summed E-state index contributed by atoms with van der Waals surface area (Å²) in [6.07, 6.45) is 4.77. The molecule has 1 aliphatic heterocycles. The van der Waals surface area contributed by atoms with E-state index in [9.17, 15) is 4.79 Å². The van der Waals surface area contributed by atoms with Crippen molar-refractivity contribution in [1.29, 1.82) is 0 Å². The molecule has 6 heteroatoms. The Morgan fingerprint density at radius 1 is 1.16 bits per heavy atom. The highest BCUT2D eigenvalue weighted by Crippen LogP contribution is 2.36. The van der Waals surface area contributed by atoms with Gasteiger partial charge < -0.3 is 20.4 Å². The summed E-state index contributed by atoms with van der Waals surface area (Å²) in [7, 11) is 1.68. The van der Waals surface area contributed by atoms with Crippen LogP contribution in [0.3, 0.4) is 0 Å². The second-order valence-electron chi connectivity index (χ2n) is 8.25. The fourth-order valence-electron chi connectivity index (χ4n) is 4.48. The number of H-pyrrole nitrogens is 1. The molecule has 32 heavy (non-hydrogen) atoms. The molecule has 0 saturated carbocycles. The molecule has 0 spiro atoms. The highest BCUT2D eigenvalue weighted by molar-refractivity contribution is 5.98. The SMILES string of the molecule is COc1ccccc1-c1c[nH]c2ncc(-c3cccc(C(=O)N4CC[C@@H](CN)C4)c3)cc12. The van der Waals surface area contributed by atoms with Gasteiger partial charge in [-0.2, -0.15) is 0 Å². The lowest BCUT2D eigenvalue weighted by atomic mass is 10.0. The van der Waals surface area contributed by atoms with Gasteiger partial charge in [0.2, 0.25) is 0 Å². The molecule has 1 fully saturated rings. The number of nitrogens with zero attached hydrogens (tertiary/aromatic N) is 2. The Bertz CT molecular complexity index is 1280. The summed E-state index contributed by atoms with van der Waals surface area (Å²) in [4.78, 5) is 22.8. The number of nitrogens with two attached hydrogens (primary N) is 1. The summed E-state index contributed by atoms with van der Waals surface area (Å²) in [5, 5.41) is 1.01. The van der Waals surface area contributed by atoms with E-state index in [2.05, 4.69) is 16.0 Å². The van der Waals surface area contributed by atoms with Crippen molar-refractivity contribution in [3.05, 3.63) is 72.6 Å². The Morgan fingerprint density at radius 2 is 2.03 bits per heavy atom. The fourth-order valence-corrected chi connectivity index (χ4v) is 4.48. The first-order valence-corrected chi connectivity index (χ1v) is 10.9. The molecule has 0 radical (unpaired) electrons. The number of amides is 1. The Kier molecular flexibility index (Phi) is 5.37. The molecule has 4 aromatic rings. The molecule has 1 saturated heterocycles. The minimum absolute atomic E-state index is 0.0631. The maximum atomic E-state index is 13.0. The number of pyridine rings is 1. The summed E-state index contributed by atoms with van der Waals surface area (Å²) in [6.45, 7) is 2.13. The van der Waals surface area contributed by atoms with Crippen LogP contribution in [0.4, 0.5) is 0 Å². The van der Waals surface area contributed by atoms with Crippen LogP contribution in [-0.2, 0) is 0 Å². The number of carbonyl (C=O) groups excluding carboxylic acids is 1. The molecule has 3 N–H and O–H groups in total. The van der Waals surface area contributed by atoms with Crippen LogP contribution in [0, 0.1) is 5.92 Å². The highest BCUT2D eigenvalue weighted by Gasteiger charge is 2.26. The number of methoxy groups -OCH3 is 1. The number of benzene rings is 2. The summed E-state index contributed by atoms with van der Waals surface area (Å²) >= 11 is 0. The predicted molar refractivity (Wildman–Crippen MR) is 127 cm³/mol. The number of ether oxygens (including phenoxy) is 1. The highest BCUT2D eigenvalue weighted by atomic mass is 16.5. The number of para-hydroxylation sites is 1. The van der Waals surface area contributed by atoms with Crippen molar-refractivity contribution in [3.63, 3.8) is 0 Å². The number of rotatable bonds is 5. The van der Waals surface area contributed by atoms with Gasteiger partial charge in [-0.05, 0) is 48.7 Å². The van der Waals surface area contributed by atoms with Gasteiger partial charge in [0, 0.05) is 53.1 Å².